The monoisotopic (exact) mass is 260 g/mol. The molecule has 0 aromatic rings. The lowest BCUT2D eigenvalue weighted by atomic mass is 9.76. The molecule has 0 bridgehead atoms. The Morgan fingerprint density at radius 2 is 2.06 bits per heavy atom. The first-order valence-corrected chi connectivity index (χ1v) is 5.94. The van der Waals surface area contributed by atoms with Crippen LogP contribution in [0.5, 0.6) is 0 Å². The highest BCUT2D eigenvalue weighted by Gasteiger charge is 2.72. The van der Waals surface area contributed by atoms with E-state index in [0.29, 0.717) is 0 Å². The van der Waals surface area contributed by atoms with Crippen molar-refractivity contribution in [1.82, 2.24) is 0 Å². The van der Waals surface area contributed by atoms with Gasteiger partial charge in [-0.25, -0.2) is 13.6 Å². The fourth-order valence-corrected chi connectivity index (χ4v) is 2.60. The van der Waals surface area contributed by atoms with Gasteiger partial charge >= 0.3 is 5.97 Å². The summed E-state index contributed by atoms with van der Waals surface area (Å²) in [6, 6.07) is 0. The summed E-state index contributed by atoms with van der Waals surface area (Å²) in [6.07, 6.45) is -0.479. The van der Waals surface area contributed by atoms with E-state index in [1.165, 1.54) is 6.92 Å². The number of esters is 1. The van der Waals surface area contributed by atoms with Crippen LogP contribution in [0.25, 0.3) is 0 Å². The zero-order valence-electron chi connectivity index (χ0n) is 10.0. The average molecular weight is 260 g/mol. The van der Waals surface area contributed by atoms with Crippen LogP contribution in [0.2, 0.25) is 0 Å². The number of alkyl halides is 2. The third-order valence-corrected chi connectivity index (χ3v) is 3.84. The van der Waals surface area contributed by atoms with Crippen LogP contribution in [-0.4, -0.2) is 30.1 Å². The second-order valence-electron chi connectivity index (χ2n) is 4.97. The lowest BCUT2D eigenvalue weighted by Crippen LogP contribution is -2.38. The van der Waals surface area contributed by atoms with Gasteiger partial charge in [0, 0.05) is 18.3 Å². The number of carbonyl (C=O) groups excluding carboxylic acids is 3. The predicted octanol–water partition coefficient (Wildman–Crippen LogP) is 1.51. The zero-order valence-corrected chi connectivity index (χ0v) is 10.0. The minimum absolute atomic E-state index is 0.0206. The Balaban J connectivity index is 2.10. The van der Waals surface area contributed by atoms with E-state index in [9.17, 15) is 23.2 Å². The fraction of sp³-hybridized carbons (Fsp3) is 0.750. The van der Waals surface area contributed by atoms with Crippen molar-refractivity contribution in [2.45, 2.75) is 38.5 Å². The third-order valence-electron chi connectivity index (χ3n) is 3.84. The van der Waals surface area contributed by atoms with Crippen LogP contribution in [0.3, 0.4) is 0 Å². The Labute approximate surface area is 103 Å². The van der Waals surface area contributed by atoms with Crippen molar-refractivity contribution >= 4 is 17.5 Å². The highest BCUT2D eigenvalue weighted by atomic mass is 19.3. The topological polar surface area (TPSA) is 60.4 Å². The van der Waals surface area contributed by atoms with Gasteiger partial charge in [-0.05, 0) is 19.8 Å². The molecule has 0 amide bonds. The van der Waals surface area contributed by atoms with E-state index in [0.717, 1.165) is 0 Å². The summed E-state index contributed by atoms with van der Waals surface area (Å²) in [5.41, 5.74) is -1.24. The lowest BCUT2D eigenvalue weighted by Gasteiger charge is -2.26. The van der Waals surface area contributed by atoms with Crippen LogP contribution in [0.4, 0.5) is 8.78 Å². The zero-order chi connectivity index (χ0) is 13.6. The number of ketones is 2. The molecule has 0 N–H and O–H groups in total. The van der Waals surface area contributed by atoms with Crippen LogP contribution in [-0.2, 0) is 19.1 Å². The largest absolute Gasteiger partial charge is 0.460 e. The molecule has 1 unspecified atom stereocenters. The Morgan fingerprint density at radius 3 is 2.56 bits per heavy atom. The van der Waals surface area contributed by atoms with Crippen molar-refractivity contribution in [3.63, 3.8) is 0 Å². The summed E-state index contributed by atoms with van der Waals surface area (Å²) in [5, 5.41) is 0. The number of carbonyl (C=O) groups is 3. The standard InChI is InChI=1S/C12H14F2O4/c1-2-18-10(17)9(16)7-5-11(4-3-8(7)15)6-12(11,13)14/h7H,2-6H2,1H3/t7?,11-/m0/s1. The SMILES string of the molecule is CCOC(=O)C(=O)C1C[C@@]2(CCC1=O)CC2(F)F. The van der Waals surface area contributed by atoms with Gasteiger partial charge in [0.25, 0.3) is 5.92 Å². The van der Waals surface area contributed by atoms with Crippen LogP contribution in [0.15, 0.2) is 0 Å². The minimum Gasteiger partial charge on any atom is -0.460 e. The van der Waals surface area contributed by atoms with Crippen LogP contribution >= 0.6 is 0 Å². The maximum absolute atomic E-state index is 13.2. The normalized spacial score (nSPS) is 33.3. The molecule has 2 saturated carbocycles. The highest BCUT2D eigenvalue weighted by molar-refractivity contribution is 6.38. The maximum atomic E-state index is 13.2. The number of rotatable bonds is 3. The second kappa shape index (κ2) is 4.10. The minimum atomic E-state index is -2.80. The molecule has 2 rings (SSSR count). The Morgan fingerprint density at radius 1 is 1.44 bits per heavy atom. The molecule has 0 radical (unpaired) electrons. The summed E-state index contributed by atoms with van der Waals surface area (Å²) in [5.74, 6) is -6.56. The lowest BCUT2D eigenvalue weighted by molar-refractivity contribution is -0.158. The molecule has 2 fully saturated rings. The molecule has 0 aromatic heterocycles. The number of Topliss-reactive ketones (excluding diaryl/α,β-unsaturated/α-hetero) is 2. The van der Waals surface area contributed by atoms with Crippen molar-refractivity contribution in [3.8, 4) is 0 Å². The van der Waals surface area contributed by atoms with Gasteiger partial charge in [0.05, 0.1) is 12.5 Å². The van der Waals surface area contributed by atoms with Crippen molar-refractivity contribution in [3.05, 3.63) is 0 Å². The van der Waals surface area contributed by atoms with E-state index in [-0.39, 0.29) is 32.3 Å². The van der Waals surface area contributed by atoms with Gasteiger partial charge < -0.3 is 4.74 Å². The summed E-state index contributed by atoms with van der Waals surface area (Å²) in [4.78, 5) is 34.6. The summed E-state index contributed by atoms with van der Waals surface area (Å²) >= 11 is 0. The number of halogens is 2. The predicted molar refractivity (Wildman–Crippen MR) is 56.0 cm³/mol. The molecule has 0 saturated heterocycles. The van der Waals surface area contributed by atoms with Gasteiger partial charge in [0.15, 0.2) is 0 Å². The number of hydrogen-bond donors (Lipinski definition) is 0. The molecule has 100 valence electrons. The van der Waals surface area contributed by atoms with Gasteiger partial charge in [0.1, 0.15) is 5.78 Å². The molecule has 2 atom stereocenters. The van der Waals surface area contributed by atoms with E-state index in [2.05, 4.69) is 4.74 Å². The van der Waals surface area contributed by atoms with E-state index >= 15 is 0 Å². The van der Waals surface area contributed by atoms with Crippen LogP contribution in [0, 0.1) is 11.3 Å². The molecular weight excluding hydrogens is 246 g/mol. The average Bonchev–Trinajstić information content (AvgIpc) is 2.83. The Hall–Kier alpha value is -1.33. The molecule has 1 spiro atoms. The van der Waals surface area contributed by atoms with Gasteiger partial charge in [-0.15, -0.1) is 0 Å². The maximum Gasteiger partial charge on any atom is 0.375 e. The van der Waals surface area contributed by atoms with Gasteiger partial charge in [-0.2, -0.15) is 0 Å². The molecule has 0 aliphatic heterocycles. The smallest absolute Gasteiger partial charge is 0.375 e. The van der Waals surface area contributed by atoms with Gasteiger partial charge in [0.2, 0.25) is 5.78 Å². The third kappa shape index (κ3) is 1.93. The Bertz CT molecular complexity index is 418. The summed E-state index contributed by atoms with van der Waals surface area (Å²) < 4.78 is 31.0. The molecule has 18 heavy (non-hydrogen) atoms. The van der Waals surface area contributed by atoms with Crippen molar-refractivity contribution in [1.29, 1.82) is 0 Å². The second-order valence-corrected chi connectivity index (χ2v) is 4.97. The molecular formula is C12H14F2O4. The quantitative estimate of drug-likeness (QED) is 0.438. The molecule has 2 aliphatic rings. The van der Waals surface area contributed by atoms with E-state index < -0.39 is 34.8 Å². The van der Waals surface area contributed by atoms with E-state index in [1.807, 2.05) is 0 Å². The van der Waals surface area contributed by atoms with Gasteiger partial charge in [-0.3, -0.25) is 9.59 Å². The number of hydrogen-bond acceptors (Lipinski definition) is 4. The summed E-state index contributed by atoms with van der Waals surface area (Å²) in [6.45, 7) is 1.55. The molecule has 0 aromatic carbocycles. The Kier molecular flexibility index (Phi) is 2.99. The fourth-order valence-electron chi connectivity index (χ4n) is 2.60. The van der Waals surface area contributed by atoms with Crippen molar-refractivity contribution in [2.75, 3.05) is 6.61 Å². The van der Waals surface area contributed by atoms with Crippen molar-refractivity contribution in [2.24, 2.45) is 11.3 Å². The molecule has 0 heterocycles. The van der Waals surface area contributed by atoms with E-state index in [4.69, 9.17) is 0 Å². The van der Waals surface area contributed by atoms with Crippen molar-refractivity contribution < 1.29 is 27.9 Å². The molecule has 6 heteroatoms. The van der Waals surface area contributed by atoms with Crippen LogP contribution in [0.1, 0.15) is 32.6 Å². The van der Waals surface area contributed by atoms with Gasteiger partial charge in [-0.1, -0.05) is 0 Å². The molecule has 4 nitrogen and oxygen atoms in total. The first kappa shape index (κ1) is 13.1. The highest BCUT2D eigenvalue weighted by Crippen LogP contribution is 2.67. The van der Waals surface area contributed by atoms with E-state index in [1.54, 1.807) is 0 Å². The summed E-state index contributed by atoms with van der Waals surface area (Å²) in [7, 11) is 0. The first-order chi connectivity index (χ1) is 8.33. The molecule has 2 aliphatic carbocycles. The first-order valence-electron chi connectivity index (χ1n) is 5.94. The van der Waals surface area contributed by atoms with Crippen LogP contribution < -0.4 is 0 Å². The number of ether oxygens (including phenoxy) is 1.